The van der Waals surface area contributed by atoms with Gasteiger partial charge in [0.15, 0.2) is 5.79 Å². The van der Waals surface area contributed by atoms with Crippen molar-refractivity contribution >= 4 is 0 Å². The lowest BCUT2D eigenvalue weighted by Gasteiger charge is -2.21. The smallest absolute Gasteiger partial charge is 0.163 e. The Balaban J connectivity index is 3.43. The van der Waals surface area contributed by atoms with Gasteiger partial charge in [-0.2, -0.15) is 0 Å². The van der Waals surface area contributed by atoms with Crippen molar-refractivity contribution in [1.82, 2.24) is 0 Å². The number of rotatable bonds is 4. The van der Waals surface area contributed by atoms with E-state index in [1.165, 1.54) is 0 Å². The van der Waals surface area contributed by atoms with Gasteiger partial charge in [-0.05, 0) is 20.4 Å². The summed E-state index contributed by atoms with van der Waals surface area (Å²) in [6, 6.07) is 0. The second kappa shape index (κ2) is 3.82. The van der Waals surface area contributed by atoms with Crippen LogP contribution in [0.4, 0.5) is 0 Å². The van der Waals surface area contributed by atoms with Crippen LogP contribution >= 0.6 is 0 Å². The molecule has 0 saturated carbocycles. The van der Waals surface area contributed by atoms with Crippen molar-refractivity contribution in [3.8, 4) is 0 Å². The van der Waals surface area contributed by atoms with Gasteiger partial charge in [0, 0.05) is 13.0 Å². The summed E-state index contributed by atoms with van der Waals surface area (Å²) in [6.07, 6.45) is 0.487. The molecule has 0 aromatic carbocycles. The SMILES string of the molecule is CCOC(C)(O)CCN. The van der Waals surface area contributed by atoms with Crippen molar-refractivity contribution in [2.45, 2.75) is 26.1 Å². The van der Waals surface area contributed by atoms with E-state index in [0.29, 0.717) is 19.6 Å². The van der Waals surface area contributed by atoms with Gasteiger partial charge in [0.05, 0.1) is 0 Å². The maximum Gasteiger partial charge on any atom is 0.163 e. The summed E-state index contributed by atoms with van der Waals surface area (Å²) in [7, 11) is 0. The first-order valence-corrected chi connectivity index (χ1v) is 3.19. The summed E-state index contributed by atoms with van der Waals surface area (Å²) in [5, 5.41) is 9.21. The molecule has 0 aliphatic carbocycles. The fourth-order valence-electron chi connectivity index (χ4n) is 0.651. The zero-order chi connectivity index (χ0) is 7.33. The van der Waals surface area contributed by atoms with Crippen molar-refractivity contribution < 1.29 is 9.84 Å². The third kappa shape index (κ3) is 4.39. The van der Waals surface area contributed by atoms with Crippen molar-refractivity contribution in [3.05, 3.63) is 0 Å². The first-order chi connectivity index (χ1) is 4.12. The Kier molecular flexibility index (Phi) is 3.77. The third-order valence-corrected chi connectivity index (χ3v) is 1.06. The van der Waals surface area contributed by atoms with E-state index in [9.17, 15) is 5.11 Å². The Morgan fingerprint density at radius 1 is 1.67 bits per heavy atom. The molecule has 3 heteroatoms. The molecule has 0 bridgehead atoms. The van der Waals surface area contributed by atoms with Crippen molar-refractivity contribution in [1.29, 1.82) is 0 Å². The molecule has 1 atom stereocenters. The summed E-state index contributed by atoms with van der Waals surface area (Å²) in [5.41, 5.74) is 5.20. The van der Waals surface area contributed by atoms with Gasteiger partial charge in [0.25, 0.3) is 0 Å². The highest BCUT2D eigenvalue weighted by atomic mass is 16.6. The predicted octanol–water partition coefficient (Wildman–Crippen LogP) is 0.0802. The standard InChI is InChI=1S/C6H15NO2/c1-3-9-6(2,8)4-5-7/h8H,3-5,7H2,1-2H3. The summed E-state index contributed by atoms with van der Waals surface area (Å²) < 4.78 is 4.95. The van der Waals surface area contributed by atoms with Crippen LogP contribution in [0, 0.1) is 0 Å². The van der Waals surface area contributed by atoms with E-state index in [1.807, 2.05) is 6.92 Å². The molecule has 1 unspecified atom stereocenters. The van der Waals surface area contributed by atoms with Crippen LogP contribution in [0.25, 0.3) is 0 Å². The lowest BCUT2D eigenvalue weighted by Crippen LogP contribution is -2.30. The van der Waals surface area contributed by atoms with E-state index in [-0.39, 0.29) is 0 Å². The minimum absolute atomic E-state index is 0.451. The Labute approximate surface area is 55.8 Å². The number of aliphatic hydroxyl groups is 1. The predicted molar refractivity (Wildman–Crippen MR) is 35.9 cm³/mol. The topological polar surface area (TPSA) is 55.5 Å². The fraction of sp³-hybridized carbons (Fsp3) is 1.00. The first kappa shape index (κ1) is 8.88. The molecule has 56 valence electrons. The summed E-state index contributed by atoms with van der Waals surface area (Å²) >= 11 is 0. The van der Waals surface area contributed by atoms with Crippen LogP contribution in [-0.2, 0) is 4.74 Å². The highest BCUT2D eigenvalue weighted by Crippen LogP contribution is 2.08. The second-order valence-corrected chi connectivity index (χ2v) is 2.15. The van der Waals surface area contributed by atoms with E-state index < -0.39 is 5.79 Å². The molecule has 0 aliphatic heterocycles. The second-order valence-electron chi connectivity index (χ2n) is 2.15. The molecule has 0 saturated heterocycles. The van der Waals surface area contributed by atoms with Gasteiger partial charge >= 0.3 is 0 Å². The van der Waals surface area contributed by atoms with E-state index in [1.54, 1.807) is 6.92 Å². The molecule has 3 N–H and O–H groups in total. The first-order valence-electron chi connectivity index (χ1n) is 3.19. The van der Waals surface area contributed by atoms with E-state index in [0.717, 1.165) is 0 Å². The van der Waals surface area contributed by atoms with Crippen LogP contribution in [0.15, 0.2) is 0 Å². The van der Waals surface area contributed by atoms with E-state index in [4.69, 9.17) is 10.5 Å². The quantitative estimate of drug-likeness (QED) is 0.534. The van der Waals surface area contributed by atoms with Gasteiger partial charge in [-0.15, -0.1) is 0 Å². The Morgan fingerprint density at radius 3 is 2.56 bits per heavy atom. The minimum atomic E-state index is -1.02. The Hall–Kier alpha value is -0.120. The molecular weight excluding hydrogens is 118 g/mol. The van der Waals surface area contributed by atoms with Gasteiger partial charge in [0.1, 0.15) is 0 Å². The highest BCUT2D eigenvalue weighted by Gasteiger charge is 2.17. The average Bonchev–Trinajstić information content (AvgIpc) is 1.64. The molecule has 0 fully saturated rings. The van der Waals surface area contributed by atoms with E-state index in [2.05, 4.69) is 0 Å². The number of ether oxygens (including phenoxy) is 1. The molecule has 0 aromatic rings. The maximum atomic E-state index is 9.21. The molecule has 0 radical (unpaired) electrons. The molecule has 0 aliphatic rings. The van der Waals surface area contributed by atoms with Crippen molar-refractivity contribution in [3.63, 3.8) is 0 Å². The van der Waals surface area contributed by atoms with Crippen LogP contribution in [-0.4, -0.2) is 24.0 Å². The maximum absolute atomic E-state index is 9.21. The molecule has 0 amide bonds. The van der Waals surface area contributed by atoms with Gasteiger partial charge in [-0.1, -0.05) is 0 Å². The Morgan fingerprint density at radius 2 is 2.22 bits per heavy atom. The number of nitrogens with two attached hydrogens (primary N) is 1. The number of hydrogen-bond donors (Lipinski definition) is 2. The lowest BCUT2D eigenvalue weighted by molar-refractivity contribution is -0.189. The van der Waals surface area contributed by atoms with Crippen LogP contribution in [0.3, 0.4) is 0 Å². The minimum Gasteiger partial charge on any atom is -0.366 e. The van der Waals surface area contributed by atoms with Crippen LogP contribution in [0.5, 0.6) is 0 Å². The summed E-state index contributed by atoms with van der Waals surface area (Å²) in [4.78, 5) is 0. The summed E-state index contributed by atoms with van der Waals surface area (Å²) in [5.74, 6) is -1.02. The molecule has 0 spiro atoms. The van der Waals surface area contributed by atoms with Crippen LogP contribution in [0.2, 0.25) is 0 Å². The van der Waals surface area contributed by atoms with Crippen LogP contribution < -0.4 is 5.73 Å². The Bertz CT molecular complexity index is 65.5. The zero-order valence-electron chi connectivity index (χ0n) is 6.05. The van der Waals surface area contributed by atoms with Gasteiger partial charge in [-0.3, -0.25) is 0 Å². The average molecular weight is 133 g/mol. The molecule has 0 heterocycles. The van der Waals surface area contributed by atoms with E-state index >= 15 is 0 Å². The normalized spacial score (nSPS) is 17.3. The lowest BCUT2D eigenvalue weighted by atomic mass is 10.2. The monoisotopic (exact) mass is 133 g/mol. The molecule has 0 aromatic heterocycles. The zero-order valence-corrected chi connectivity index (χ0v) is 6.05. The molecule has 0 rings (SSSR count). The molecular formula is C6H15NO2. The van der Waals surface area contributed by atoms with Crippen molar-refractivity contribution in [2.24, 2.45) is 5.73 Å². The van der Waals surface area contributed by atoms with Gasteiger partial charge < -0.3 is 15.6 Å². The summed E-state index contributed by atoms with van der Waals surface area (Å²) in [6.45, 7) is 4.42. The fourth-order valence-corrected chi connectivity index (χ4v) is 0.651. The van der Waals surface area contributed by atoms with Gasteiger partial charge in [-0.25, -0.2) is 0 Å². The van der Waals surface area contributed by atoms with Gasteiger partial charge in [0.2, 0.25) is 0 Å². The third-order valence-electron chi connectivity index (χ3n) is 1.06. The van der Waals surface area contributed by atoms with Crippen molar-refractivity contribution in [2.75, 3.05) is 13.2 Å². The molecule has 3 nitrogen and oxygen atoms in total. The molecule has 9 heavy (non-hydrogen) atoms. The van der Waals surface area contributed by atoms with Crippen LogP contribution in [0.1, 0.15) is 20.3 Å². The highest BCUT2D eigenvalue weighted by molar-refractivity contribution is 4.58. The number of hydrogen-bond acceptors (Lipinski definition) is 3. The largest absolute Gasteiger partial charge is 0.366 e.